The normalized spacial score (nSPS) is 16.9. The lowest BCUT2D eigenvalue weighted by molar-refractivity contribution is 0.150. The van der Waals surface area contributed by atoms with Crippen molar-refractivity contribution >= 4 is 10.8 Å². The Kier molecular flexibility index (Phi) is 3.09. The molecule has 0 saturated heterocycles. The van der Waals surface area contributed by atoms with Crippen LogP contribution in [0.4, 0.5) is 0 Å². The van der Waals surface area contributed by atoms with E-state index < -0.39 is 0 Å². The summed E-state index contributed by atoms with van der Waals surface area (Å²) in [5.74, 6) is 0.875. The molecule has 0 aliphatic heterocycles. The Labute approximate surface area is 107 Å². The number of phenols is 1. The summed E-state index contributed by atoms with van der Waals surface area (Å²) in [6.45, 7) is 0. The molecule has 2 aromatic carbocycles. The second-order valence-corrected chi connectivity index (χ2v) is 5.04. The van der Waals surface area contributed by atoms with Crippen LogP contribution in [0.3, 0.4) is 0 Å². The van der Waals surface area contributed by atoms with Crippen molar-refractivity contribution in [2.45, 2.75) is 38.2 Å². The fourth-order valence-corrected chi connectivity index (χ4v) is 2.66. The first-order valence-electron chi connectivity index (χ1n) is 6.71. The van der Waals surface area contributed by atoms with E-state index in [2.05, 4.69) is 0 Å². The first-order chi connectivity index (χ1) is 8.83. The van der Waals surface area contributed by atoms with Crippen LogP contribution in [0.2, 0.25) is 0 Å². The van der Waals surface area contributed by atoms with Gasteiger partial charge in [-0.1, -0.05) is 30.7 Å². The van der Waals surface area contributed by atoms with Crippen LogP contribution in [0.1, 0.15) is 32.1 Å². The fourth-order valence-electron chi connectivity index (χ4n) is 2.66. The molecule has 1 aliphatic carbocycles. The largest absolute Gasteiger partial charge is 0.504 e. The minimum absolute atomic E-state index is 0.249. The van der Waals surface area contributed by atoms with Gasteiger partial charge in [0, 0.05) is 0 Å². The third kappa shape index (κ3) is 2.28. The zero-order valence-electron chi connectivity index (χ0n) is 10.4. The van der Waals surface area contributed by atoms with Gasteiger partial charge in [0.2, 0.25) is 0 Å². The lowest BCUT2D eigenvalue weighted by Gasteiger charge is -2.23. The summed E-state index contributed by atoms with van der Waals surface area (Å²) in [4.78, 5) is 0. The standard InChI is InChI=1S/C16H18O2/c17-15-10-12-6-4-5-7-13(12)11-16(15)18-14-8-2-1-3-9-14/h4-7,10-11,14,17H,1-3,8-9H2. The average molecular weight is 242 g/mol. The van der Waals surface area contributed by atoms with Gasteiger partial charge in [0.15, 0.2) is 11.5 Å². The topological polar surface area (TPSA) is 29.5 Å². The van der Waals surface area contributed by atoms with E-state index in [0.29, 0.717) is 5.75 Å². The van der Waals surface area contributed by atoms with Crippen LogP contribution in [0.5, 0.6) is 11.5 Å². The molecule has 0 bridgehead atoms. The zero-order valence-corrected chi connectivity index (χ0v) is 10.4. The lowest BCUT2D eigenvalue weighted by Crippen LogP contribution is -2.19. The summed E-state index contributed by atoms with van der Waals surface area (Å²) >= 11 is 0. The van der Waals surface area contributed by atoms with Crippen molar-refractivity contribution in [1.29, 1.82) is 0 Å². The molecule has 0 amide bonds. The highest BCUT2D eigenvalue weighted by Crippen LogP contribution is 2.34. The molecule has 0 atom stereocenters. The zero-order chi connectivity index (χ0) is 12.4. The van der Waals surface area contributed by atoms with Crippen LogP contribution in [-0.4, -0.2) is 11.2 Å². The number of aromatic hydroxyl groups is 1. The molecule has 3 rings (SSSR count). The van der Waals surface area contributed by atoms with E-state index in [9.17, 15) is 5.11 Å². The molecule has 2 aromatic rings. The van der Waals surface area contributed by atoms with Gasteiger partial charge in [-0.05, 0) is 48.6 Å². The molecule has 2 heteroatoms. The van der Waals surface area contributed by atoms with Gasteiger partial charge in [-0.2, -0.15) is 0 Å². The molecule has 1 saturated carbocycles. The molecule has 0 heterocycles. The van der Waals surface area contributed by atoms with Crippen LogP contribution in [0.15, 0.2) is 36.4 Å². The third-order valence-electron chi connectivity index (χ3n) is 3.67. The van der Waals surface area contributed by atoms with Crippen LogP contribution >= 0.6 is 0 Å². The Bertz CT molecular complexity index is 542. The Morgan fingerprint density at radius 2 is 1.61 bits per heavy atom. The molecule has 1 fully saturated rings. The predicted molar refractivity (Wildman–Crippen MR) is 73.1 cm³/mol. The molecule has 18 heavy (non-hydrogen) atoms. The molecule has 2 nitrogen and oxygen atoms in total. The van der Waals surface area contributed by atoms with Crippen molar-refractivity contribution in [2.75, 3.05) is 0 Å². The molecule has 0 spiro atoms. The summed E-state index contributed by atoms with van der Waals surface area (Å²) in [7, 11) is 0. The van der Waals surface area contributed by atoms with E-state index in [1.807, 2.05) is 30.3 Å². The summed E-state index contributed by atoms with van der Waals surface area (Å²) in [5.41, 5.74) is 0. The van der Waals surface area contributed by atoms with Gasteiger partial charge in [-0.15, -0.1) is 0 Å². The van der Waals surface area contributed by atoms with Gasteiger partial charge in [0.25, 0.3) is 0 Å². The average Bonchev–Trinajstić information content (AvgIpc) is 2.41. The van der Waals surface area contributed by atoms with Crippen molar-refractivity contribution in [2.24, 2.45) is 0 Å². The monoisotopic (exact) mass is 242 g/mol. The molecular formula is C16H18O2. The minimum Gasteiger partial charge on any atom is -0.504 e. The summed E-state index contributed by atoms with van der Waals surface area (Å²) in [5, 5.41) is 12.2. The lowest BCUT2D eigenvalue weighted by atomic mass is 9.98. The van der Waals surface area contributed by atoms with E-state index in [0.717, 1.165) is 23.6 Å². The van der Waals surface area contributed by atoms with Crippen molar-refractivity contribution in [3.05, 3.63) is 36.4 Å². The summed E-state index contributed by atoms with van der Waals surface area (Å²) < 4.78 is 5.94. The minimum atomic E-state index is 0.249. The van der Waals surface area contributed by atoms with Gasteiger partial charge in [0.05, 0.1) is 6.10 Å². The highest BCUT2D eigenvalue weighted by Gasteiger charge is 2.16. The molecule has 0 unspecified atom stereocenters. The van der Waals surface area contributed by atoms with E-state index in [-0.39, 0.29) is 11.9 Å². The number of hydrogen-bond acceptors (Lipinski definition) is 2. The Morgan fingerprint density at radius 1 is 0.944 bits per heavy atom. The fraction of sp³-hybridized carbons (Fsp3) is 0.375. The van der Waals surface area contributed by atoms with Crippen molar-refractivity contribution < 1.29 is 9.84 Å². The quantitative estimate of drug-likeness (QED) is 0.852. The molecule has 0 radical (unpaired) electrons. The third-order valence-corrected chi connectivity index (χ3v) is 3.67. The van der Waals surface area contributed by atoms with Gasteiger partial charge >= 0.3 is 0 Å². The van der Waals surface area contributed by atoms with E-state index >= 15 is 0 Å². The molecule has 1 N–H and O–H groups in total. The highest BCUT2D eigenvalue weighted by molar-refractivity contribution is 5.85. The van der Waals surface area contributed by atoms with Crippen LogP contribution in [0.25, 0.3) is 10.8 Å². The van der Waals surface area contributed by atoms with E-state index in [4.69, 9.17) is 4.74 Å². The van der Waals surface area contributed by atoms with E-state index in [1.54, 1.807) is 6.07 Å². The number of hydrogen-bond donors (Lipinski definition) is 1. The predicted octanol–water partition coefficient (Wildman–Crippen LogP) is 4.26. The molecule has 0 aromatic heterocycles. The van der Waals surface area contributed by atoms with Crippen molar-refractivity contribution in [1.82, 2.24) is 0 Å². The van der Waals surface area contributed by atoms with E-state index in [1.165, 1.54) is 19.3 Å². The van der Waals surface area contributed by atoms with Gasteiger partial charge in [-0.3, -0.25) is 0 Å². The molecule has 94 valence electrons. The van der Waals surface area contributed by atoms with Crippen LogP contribution < -0.4 is 4.74 Å². The maximum absolute atomic E-state index is 10.0. The Balaban J connectivity index is 1.88. The smallest absolute Gasteiger partial charge is 0.161 e. The van der Waals surface area contributed by atoms with Gasteiger partial charge in [0.1, 0.15) is 0 Å². The van der Waals surface area contributed by atoms with Crippen molar-refractivity contribution in [3.8, 4) is 11.5 Å². The SMILES string of the molecule is Oc1cc2ccccc2cc1OC1CCCCC1. The number of fused-ring (bicyclic) bond motifs is 1. The Morgan fingerprint density at radius 3 is 2.33 bits per heavy atom. The summed E-state index contributed by atoms with van der Waals surface area (Å²) in [6, 6.07) is 11.8. The first-order valence-corrected chi connectivity index (χ1v) is 6.71. The summed E-state index contributed by atoms with van der Waals surface area (Å²) in [6.07, 6.45) is 6.26. The molecule has 1 aliphatic rings. The maximum atomic E-state index is 10.0. The Hall–Kier alpha value is -1.70. The number of phenolic OH excluding ortho intramolecular Hbond substituents is 1. The van der Waals surface area contributed by atoms with Crippen LogP contribution in [-0.2, 0) is 0 Å². The number of ether oxygens (including phenoxy) is 1. The number of benzene rings is 2. The van der Waals surface area contributed by atoms with Gasteiger partial charge in [-0.25, -0.2) is 0 Å². The maximum Gasteiger partial charge on any atom is 0.161 e. The van der Waals surface area contributed by atoms with Gasteiger partial charge < -0.3 is 9.84 Å². The molecular weight excluding hydrogens is 224 g/mol. The highest BCUT2D eigenvalue weighted by atomic mass is 16.5. The number of rotatable bonds is 2. The van der Waals surface area contributed by atoms with Crippen molar-refractivity contribution in [3.63, 3.8) is 0 Å². The second kappa shape index (κ2) is 4.89. The second-order valence-electron chi connectivity index (χ2n) is 5.04. The van der Waals surface area contributed by atoms with Crippen LogP contribution in [0, 0.1) is 0 Å². The first kappa shape index (κ1) is 11.4.